The average molecular weight is 324 g/mol. The van der Waals surface area contributed by atoms with Crippen molar-refractivity contribution >= 4 is 29.2 Å². The van der Waals surface area contributed by atoms with Crippen LogP contribution in [0, 0.1) is 0 Å². The van der Waals surface area contributed by atoms with Crippen molar-refractivity contribution in [3.05, 3.63) is 63.4 Å². The van der Waals surface area contributed by atoms with Crippen molar-refractivity contribution in [2.45, 2.75) is 26.4 Å². The summed E-state index contributed by atoms with van der Waals surface area (Å²) in [6, 6.07) is 10.4. The Labute approximate surface area is 133 Å². The molecule has 0 unspecified atom stereocenters. The summed E-state index contributed by atoms with van der Waals surface area (Å²) in [5.74, 6) is -0.264. The number of nitrogens with zero attached hydrogens (tertiary/aromatic N) is 1. The van der Waals surface area contributed by atoms with Crippen LogP contribution in [0.5, 0.6) is 0 Å². The summed E-state index contributed by atoms with van der Waals surface area (Å²) in [5, 5.41) is 0.854. The Hall–Kier alpha value is -1.58. The highest BCUT2D eigenvalue weighted by Crippen LogP contribution is 2.20. The van der Waals surface area contributed by atoms with Gasteiger partial charge in [-0.3, -0.25) is 0 Å². The summed E-state index contributed by atoms with van der Waals surface area (Å²) in [5.41, 5.74) is 1.91. The van der Waals surface area contributed by atoms with Crippen LogP contribution < -0.4 is 0 Å². The molecule has 0 radical (unpaired) electrons. The first-order chi connectivity index (χ1) is 9.97. The Balaban J connectivity index is 2.12. The summed E-state index contributed by atoms with van der Waals surface area (Å²) >= 11 is 12.0. The Morgan fingerprint density at radius 3 is 2.62 bits per heavy atom. The van der Waals surface area contributed by atoms with Crippen LogP contribution >= 0.6 is 23.2 Å². The summed E-state index contributed by atoms with van der Waals surface area (Å²) in [6.45, 7) is 4.09. The summed E-state index contributed by atoms with van der Waals surface area (Å²) in [4.78, 5) is 16.3. The SMILES string of the molecule is CC(C)c1cc(C(=O)OCc2ccccc2Cl)cc(Cl)n1. The van der Waals surface area contributed by atoms with Crippen LogP contribution in [0.4, 0.5) is 0 Å². The van der Waals surface area contributed by atoms with Gasteiger partial charge in [0, 0.05) is 16.3 Å². The fourth-order valence-corrected chi connectivity index (χ4v) is 2.18. The molecular formula is C16H15Cl2NO2. The maximum Gasteiger partial charge on any atom is 0.338 e. The molecule has 0 aliphatic rings. The minimum Gasteiger partial charge on any atom is -0.457 e. The number of aromatic nitrogens is 1. The van der Waals surface area contributed by atoms with Gasteiger partial charge in [0.2, 0.25) is 0 Å². The van der Waals surface area contributed by atoms with Crippen molar-refractivity contribution in [2.24, 2.45) is 0 Å². The maximum absolute atomic E-state index is 12.1. The van der Waals surface area contributed by atoms with Gasteiger partial charge >= 0.3 is 5.97 Å². The first kappa shape index (κ1) is 15.8. The normalized spacial score (nSPS) is 10.7. The number of benzene rings is 1. The van der Waals surface area contributed by atoms with Crippen molar-refractivity contribution in [3.63, 3.8) is 0 Å². The molecule has 0 bridgehead atoms. The van der Waals surface area contributed by atoms with E-state index in [2.05, 4.69) is 4.98 Å². The number of esters is 1. The van der Waals surface area contributed by atoms with Crippen molar-refractivity contribution in [2.75, 3.05) is 0 Å². The molecule has 0 spiro atoms. The second-order valence-electron chi connectivity index (χ2n) is 4.93. The van der Waals surface area contributed by atoms with Crippen LogP contribution in [0.15, 0.2) is 36.4 Å². The second-order valence-corrected chi connectivity index (χ2v) is 5.72. The predicted molar refractivity (Wildman–Crippen MR) is 83.9 cm³/mol. The predicted octanol–water partition coefficient (Wildman–Crippen LogP) is 4.87. The molecule has 0 saturated heterocycles. The van der Waals surface area contributed by atoms with Gasteiger partial charge in [0.25, 0.3) is 0 Å². The molecule has 1 aromatic carbocycles. The minimum atomic E-state index is -0.443. The Bertz CT molecular complexity index is 656. The highest BCUT2D eigenvalue weighted by Gasteiger charge is 2.13. The number of halogens is 2. The highest BCUT2D eigenvalue weighted by molar-refractivity contribution is 6.31. The first-order valence-corrected chi connectivity index (χ1v) is 7.31. The molecule has 0 aliphatic carbocycles. The van der Waals surface area contributed by atoms with E-state index >= 15 is 0 Å². The van der Waals surface area contributed by atoms with Gasteiger partial charge in [-0.15, -0.1) is 0 Å². The van der Waals surface area contributed by atoms with Gasteiger partial charge in [-0.2, -0.15) is 0 Å². The van der Waals surface area contributed by atoms with E-state index in [0.29, 0.717) is 10.6 Å². The van der Waals surface area contributed by atoms with Crippen molar-refractivity contribution in [1.82, 2.24) is 4.98 Å². The lowest BCUT2D eigenvalue weighted by Gasteiger charge is -2.09. The average Bonchev–Trinajstić information content (AvgIpc) is 2.45. The lowest BCUT2D eigenvalue weighted by molar-refractivity contribution is 0.0472. The molecule has 21 heavy (non-hydrogen) atoms. The molecule has 110 valence electrons. The molecule has 0 N–H and O–H groups in total. The Kier molecular flexibility index (Phi) is 5.21. The molecule has 0 aliphatic heterocycles. The summed E-state index contributed by atoms with van der Waals surface area (Å²) in [7, 11) is 0. The molecule has 1 heterocycles. The zero-order valence-electron chi connectivity index (χ0n) is 11.8. The monoisotopic (exact) mass is 323 g/mol. The third kappa shape index (κ3) is 4.19. The maximum atomic E-state index is 12.1. The smallest absolute Gasteiger partial charge is 0.338 e. The second kappa shape index (κ2) is 6.92. The van der Waals surface area contributed by atoms with Crippen molar-refractivity contribution < 1.29 is 9.53 Å². The molecule has 2 rings (SSSR count). The number of pyridine rings is 1. The lowest BCUT2D eigenvalue weighted by Crippen LogP contribution is -2.07. The van der Waals surface area contributed by atoms with E-state index < -0.39 is 5.97 Å². The van der Waals surface area contributed by atoms with E-state index in [-0.39, 0.29) is 17.7 Å². The summed E-state index contributed by atoms with van der Waals surface area (Å²) in [6.07, 6.45) is 0. The van der Waals surface area contributed by atoms with Crippen LogP contribution in [-0.4, -0.2) is 11.0 Å². The molecule has 0 amide bonds. The molecule has 3 nitrogen and oxygen atoms in total. The molecule has 0 saturated carbocycles. The highest BCUT2D eigenvalue weighted by atomic mass is 35.5. The lowest BCUT2D eigenvalue weighted by atomic mass is 10.1. The molecule has 0 atom stereocenters. The van der Waals surface area contributed by atoms with E-state index in [1.807, 2.05) is 32.0 Å². The molecule has 2 aromatic rings. The topological polar surface area (TPSA) is 39.2 Å². The Morgan fingerprint density at radius 2 is 1.95 bits per heavy atom. The molecular weight excluding hydrogens is 309 g/mol. The van der Waals surface area contributed by atoms with Crippen LogP contribution in [0.2, 0.25) is 10.2 Å². The van der Waals surface area contributed by atoms with Gasteiger partial charge in [0.15, 0.2) is 0 Å². The zero-order valence-corrected chi connectivity index (χ0v) is 13.3. The molecule has 0 fully saturated rings. The van der Waals surface area contributed by atoms with Crippen LogP contribution in [0.1, 0.15) is 41.4 Å². The number of carbonyl (C=O) groups is 1. The number of carbonyl (C=O) groups excluding carboxylic acids is 1. The quantitative estimate of drug-likeness (QED) is 0.595. The van der Waals surface area contributed by atoms with Crippen LogP contribution in [0.25, 0.3) is 0 Å². The minimum absolute atomic E-state index is 0.120. The number of hydrogen-bond donors (Lipinski definition) is 0. The fraction of sp³-hybridized carbons (Fsp3) is 0.250. The number of ether oxygens (including phenoxy) is 1. The van der Waals surface area contributed by atoms with E-state index in [1.165, 1.54) is 6.07 Å². The van der Waals surface area contributed by atoms with Gasteiger partial charge < -0.3 is 4.74 Å². The number of rotatable bonds is 4. The third-order valence-electron chi connectivity index (χ3n) is 2.96. The summed E-state index contributed by atoms with van der Waals surface area (Å²) < 4.78 is 5.27. The van der Waals surface area contributed by atoms with Crippen LogP contribution in [-0.2, 0) is 11.3 Å². The van der Waals surface area contributed by atoms with Crippen molar-refractivity contribution in [3.8, 4) is 0 Å². The Morgan fingerprint density at radius 1 is 1.24 bits per heavy atom. The van der Waals surface area contributed by atoms with E-state index in [1.54, 1.807) is 12.1 Å². The van der Waals surface area contributed by atoms with Crippen molar-refractivity contribution in [1.29, 1.82) is 0 Å². The van der Waals surface area contributed by atoms with Gasteiger partial charge in [-0.1, -0.05) is 55.2 Å². The van der Waals surface area contributed by atoms with Gasteiger partial charge in [0.1, 0.15) is 11.8 Å². The third-order valence-corrected chi connectivity index (χ3v) is 3.52. The van der Waals surface area contributed by atoms with E-state index in [9.17, 15) is 4.79 Å². The molecule has 5 heteroatoms. The molecule has 1 aromatic heterocycles. The first-order valence-electron chi connectivity index (χ1n) is 6.55. The van der Waals surface area contributed by atoms with Gasteiger partial charge in [0.05, 0.1) is 5.56 Å². The van der Waals surface area contributed by atoms with Crippen LogP contribution in [0.3, 0.4) is 0 Å². The number of hydrogen-bond acceptors (Lipinski definition) is 3. The largest absolute Gasteiger partial charge is 0.457 e. The zero-order chi connectivity index (χ0) is 15.4. The van der Waals surface area contributed by atoms with E-state index in [4.69, 9.17) is 27.9 Å². The van der Waals surface area contributed by atoms with Gasteiger partial charge in [-0.25, -0.2) is 9.78 Å². The standard InChI is InChI=1S/C16H15Cl2NO2/c1-10(2)14-7-12(8-15(18)19-14)16(20)21-9-11-5-3-4-6-13(11)17/h3-8,10H,9H2,1-2H3. The van der Waals surface area contributed by atoms with E-state index in [0.717, 1.165) is 11.3 Å². The fourth-order valence-electron chi connectivity index (χ4n) is 1.77. The van der Waals surface area contributed by atoms with Gasteiger partial charge in [-0.05, 0) is 24.1 Å².